The van der Waals surface area contributed by atoms with Crippen LogP contribution in [0.15, 0.2) is 58.4 Å². The Balaban J connectivity index is 1.34. The molecule has 4 aromatic heterocycles. The molecule has 3 N–H and O–H groups in total. The van der Waals surface area contributed by atoms with Gasteiger partial charge in [0.05, 0.1) is 12.1 Å². The van der Waals surface area contributed by atoms with E-state index in [1.807, 2.05) is 22.6 Å². The van der Waals surface area contributed by atoms with Gasteiger partial charge in [0.15, 0.2) is 5.65 Å². The van der Waals surface area contributed by atoms with Crippen molar-refractivity contribution in [3.05, 3.63) is 90.3 Å². The van der Waals surface area contributed by atoms with Crippen LogP contribution in [0, 0.1) is 16.0 Å². The summed E-state index contributed by atoms with van der Waals surface area (Å²) in [5, 5.41) is 0. The van der Waals surface area contributed by atoms with Gasteiger partial charge in [-0.15, -0.1) is 6.42 Å². The monoisotopic (exact) mass is 662 g/mol. The van der Waals surface area contributed by atoms with Crippen LogP contribution in [0.2, 0.25) is 0 Å². The van der Waals surface area contributed by atoms with Crippen molar-refractivity contribution in [2.75, 3.05) is 11.4 Å². The Morgan fingerprint density at radius 1 is 1.15 bits per heavy atom. The zero-order valence-electron chi connectivity index (χ0n) is 21.5. The minimum absolute atomic E-state index is 0.00328. The summed E-state index contributed by atoms with van der Waals surface area (Å²) in [6.07, 6.45) is 16.9. The van der Waals surface area contributed by atoms with Crippen LogP contribution < -0.4 is 21.9 Å². The quantitative estimate of drug-likeness (QED) is 0.120. The van der Waals surface area contributed by atoms with Crippen molar-refractivity contribution in [2.45, 2.75) is 25.4 Å². The summed E-state index contributed by atoms with van der Waals surface area (Å²) in [5.41, 5.74) is 5.98. The second-order valence-electron chi connectivity index (χ2n) is 9.19. The number of allylic oxidation sites excluding steroid dienone is 2. The fourth-order valence-electron chi connectivity index (χ4n) is 4.16. The number of primary amides is 1. The third kappa shape index (κ3) is 6.02. The smallest absolute Gasteiger partial charge is 0.333 e. The first-order chi connectivity index (χ1) is 19.8. The van der Waals surface area contributed by atoms with Crippen LogP contribution in [0.3, 0.4) is 0 Å². The number of H-pyrrole nitrogens is 1. The molecule has 1 aliphatic carbocycles. The lowest BCUT2D eigenvalue weighted by atomic mass is 10.2. The average molecular weight is 662 g/mol. The number of carbonyl (C=O) groups is 2. The van der Waals surface area contributed by atoms with E-state index >= 15 is 0 Å². The molecule has 0 spiro atoms. The third-order valence-electron chi connectivity index (χ3n) is 6.22. The number of fused-ring (bicyclic) bond motifs is 1. The molecule has 0 atom stereocenters. The zero-order valence-corrected chi connectivity index (χ0v) is 23.7. The normalized spacial score (nSPS) is 13.2. The molecule has 0 aromatic carbocycles. The van der Waals surface area contributed by atoms with E-state index in [0.717, 1.165) is 22.1 Å². The lowest BCUT2D eigenvalue weighted by molar-refractivity contribution is -0.116. The van der Waals surface area contributed by atoms with Gasteiger partial charge in [0.25, 0.3) is 11.5 Å². The standard InChI is InChI=1S/C28H23IN8O4/c1-2-13-35-25-24(27(40)37(28(35)41)19-9-10-19)33-22(34-25)6-4-3-5-17-7-12-23(32-14-17)36(16-21(30)38)26(39)18-8-11-20(29)31-15-18/h1,3-8,11-12,14-15,19H,9-10,13,16H2,(H2,30,38)(H,33,34)/b5-3+,6-4+. The van der Waals surface area contributed by atoms with Crippen molar-refractivity contribution in [2.24, 2.45) is 5.73 Å². The molecule has 13 heteroatoms. The number of aromatic nitrogens is 6. The van der Waals surface area contributed by atoms with E-state index in [1.54, 1.807) is 54.8 Å². The van der Waals surface area contributed by atoms with Gasteiger partial charge in [-0.2, -0.15) is 0 Å². The maximum atomic E-state index is 13.0. The Labute approximate surface area is 246 Å². The van der Waals surface area contributed by atoms with Crippen molar-refractivity contribution in [1.82, 2.24) is 29.1 Å². The highest BCUT2D eigenvalue weighted by Gasteiger charge is 2.29. The van der Waals surface area contributed by atoms with E-state index in [2.05, 4.69) is 25.9 Å². The Morgan fingerprint density at radius 2 is 1.93 bits per heavy atom. The first kappa shape index (κ1) is 27.7. The number of imidazole rings is 1. The van der Waals surface area contributed by atoms with Gasteiger partial charge in [0.1, 0.15) is 27.4 Å². The van der Waals surface area contributed by atoms with Crippen LogP contribution in [0.1, 0.15) is 40.6 Å². The molecule has 41 heavy (non-hydrogen) atoms. The molecule has 5 rings (SSSR count). The predicted octanol–water partition coefficient (Wildman–Crippen LogP) is 2.11. The lowest BCUT2D eigenvalue weighted by Gasteiger charge is -2.20. The molecule has 4 heterocycles. The van der Waals surface area contributed by atoms with E-state index < -0.39 is 23.1 Å². The van der Waals surface area contributed by atoms with Crippen LogP contribution in [0.5, 0.6) is 0 Å². The van der Waals surface area contributed by atoms with Gasteiger partial charge in [-0.05, 0) is 71.3 Å². The lowest BCUT2D eigenvalue weighted by Crippen LogP contribution is -2.39. The van der Waals surface area contributed by atoms with Crippen molar-refractivity contribution in [3.8, 4) is 12.3 Å². The predicted molar refractivity (Wildman–Crippen MR) is 162 cm³/mol. The van der Waals surface area contributed by atoms with Gasteiger partial charge in [-0.25, -0.2) is 19.7 Å². The summed E-state index contributed by atoms with van der Waals surface area (Å²) >= 11 is 2.03. The summed E-state index contributed by atoms with van der Waals surface area (Å²) in [7, 11) is 0. The van der Waals surface area contributed by atoms with E-state index in [1.165, 1.54) is 20.2 Å². The van der Waals surface area contributed by atoms with E-state index in [-0.39, 0.29) is 36.1 Å². The van der Waals surface area contributed by atoms with E-state index in [9.17, 15) is 19.2 Å². The summed E-state index contributed by atoms with van der Waals surface area (Å²) in [6.45, 7) is -0.336. The molecule has 1 fully saturated rings. The highest BCUT2D eigenvalue weighted by Crippen LogP contribution is 2.32. The molecule has 1 aliphatic rings. The number of nitrogens with one attached hydrogen (secondary N) is 1. The first-order valence-electron chi connectivity index (χ1n) is 12.5. The van der Waals surface area contributed by atoms with Gasteiger partial charge in [0, 0.05) is 18.4 Å². The Hall–Kier alpha value is -4.84. The number of hydrogen-bond donors (Lipinski definition) is 2. The molecule has 0 saturated heterocycles. The SMILES string of the molecule is C#CCn1c(=O)n(C2CC2)c(=O)c2[nH]c(/C=C/C=C/c3ccc(N(CC(N)=O)C(=O)c4ccc(I)nc4)nc3)nc21. The molecular formula is C28H23IN8O4. The number of amides is 2. The van der Waals surface area contributed by atoms with Crippen molar-refractivity contribution < 1.29 is 9.59 Å². The number of terminal acetylenes is 1. The molecule has 0 radical (unpaired) electrons. The minimum Gasteiger partial charge on any atom is -0.368 e. The molecule has 2 amide bonds. The van der Waals surface area contributed by atoms with Crippen molar-refractivity contribution >= 4 is 63.5 Å². The summed E-state index contributed by atoms with van der Waals surface area (Å²) in [6, 6.07) is 6.55. The van der Waals surface area contributed by atoms with Crippen LogP contribution >= 0.6 is 22.6 Å². The second-order valence-corrected chi connectivity index (χ2v) is 10.3. The van der Waals surface area contributed by atoms with Gasteiger partial charge in [0.2, 0.25) is 5.91 Å². The fourth-order valence-corrected chi connectivity index (χ4v) is 4.48. The van der Waals surface area contributed by atoms with Crippen molar-refractivity contribution in [3.63, 3.8) is 0 Å². The molecule has 0 bridgehead atoms. The Bertz CT molecular complexity index is 1860. The van der Waals surface area contributed by atoms with Gasteiger partial charge in [-0.1, -0.05) is 24.1 Å². The number of rotatable bonds is 9. The number of halogens is 1. The fraction of sp³-hybridized carbons (Fsp3) is 0.179. The van der Waals surface area contributed by atoms with Gasteiger partial charge < -0.3 is 10.7 Å². The topological polar surface area (TPSA) is 162 Å². The number of aromatic amines is 1. The molecule has 12 nitrogen and oxygen atoms in total. The average Bonchev–Trinajstić information content (AvgIpc) is 3.70. The molecule has 0 unspecified atom stereocenters. The highest BCUT2D eigenvalue weighted by molar-refractivity contribution is 14.1. The highest BCUT2D eigenvalue weighted by atomic mass is 127. The minimum atomic E-state index is -0.680. The van der Waals surface area contributed by atoms with Crippen molar-refractivity contribution in [1.29, 1.82) is 0 Å². The Morgan fingerprint density at radius 3 is 2.56 bits per heavy atom. The molecule has 206 valence electrons. The van der Waals surface area contributed by atoms with Crippen LogP contribution in [0.4, 0.5) is 5.82 Å². The molecule has 0 aliphatic heterocycles. The largest absolute Gasteiger partial charge is 0.368 e. The van der Waals surface area contributed by atoms with E-state index in [4.69, 9.17) is 12.2 Å². The second kappa shape index (κ2) is 11.7. The van der Waals surface area contributed by atoms with Crippen LogP contribution in [-0.2, 0) is 11.3 Å². The van der Waals surface area contributed by atoms with Crippen LogP contribution in [0.25, 0.3) is 23.3 Å². The third-order valence-corrected chi connectivity index (χ3v) is 6.86. The van der Waals surface area contributed by atoms with Gasteiger partial charge in [-0.3, -0.25) is 28.4 Å². The number of hydrogen-bond acceptors (Lipinski definition) is 7. The molecular weight excluding hydrogens is 639 g/mol. The maximum Gasteiger partial charge on any atom is 0.333 e. The number of carbonyl (C=O) groups excluding carboxylic acids is 2. The number of anilines is 1. The first-order valence-corrected chi connectivity index (χ1v) is 13.6. The van der Waals surface area contributed by atoms with Crippen LogP contribution in [-0.4, -0.2) is 47.4 Å². The van der Waals surface area contributed by atoms with Gasteiger partial charge >= 0.3 is 5.69 Å². The summed E-state index contributed by atoms with van der Waals surface area (Å²) < 4.78 is 3.30. The Kier molecular flexibility index (Phi) is 7.92. The number of pyridine rings is 2. The molecule has 4 aromatic rings. The molecule has 1 saturated carbocycles. The zero-order chi connectivity index (χ0) is 29.1. The number of nitrogens with zero attached hydrogens (tertiary/aromatic N) is 6. The summed E-state index contributed by atoms with van der Waals surface area (Å²) in [4.78, 5) is 67.4. The van der Waals surface area contributed by atoms with E-state index in [0.29, 0.717) is 11.4 Å². The summed E-state index contributed by atoms with van der Waals surface area (Å²) in [5.74, 6) is 1.97. The maximum absolute atomic E-state index is 13.0. The number of nitrogens with two attached hydrogens (primary N) is 1.